The van der Waals surface area contributed by atoms with E-state index in [1.165, 1.54) is 69.9 Å². The molecule has 0 saturated heterocycles. The molecule has 2 N–H and O–H groups in total. The van der Waals surface area contributed by atoms with Crippen LogP contribution >= 0.6 is 0 Å². The van der Waals surface area contributed by atoms with Gasteiger partial charge in [0.15, 0.2) is 11.5 Å². The molecule has 1 aromatic carbocycles. The molecule has 1 rings (SSSR count). The van der Waals surface area contributed by atoms with Crippen LogP contribution in [0, 0.1) is 0 Å². The van der Waals surface area contributed by atoms with E-state index in [-0.39, 0.29) is 11.5 Å². The minimum Gasteiger partial charge on any atom is -0.504 e. The van der Waals surface area contributed by atoms with Crippen LogP contribution in [0.4, 0.5) is 0 Å². The summed E-state index contributed by atoms with van der Waals surface area (Å²) in [4.78, 5) is 0. The first-order chi connectivity index (χ1) is 22.9. The second kappa shape index (κ2) is 25.7. The summed E-state index contributed by atoms with van der Waals surface area (Å²) in [6.07, 6.45) is 35.5. The maximum atomic E-state index is 9.98. The third kappa shape index (κ3) is 22.3. The van der Waals surface area contributed by atoms with Gasteiger partial charge in [-0.15, -0.1) is 0 Å². The maximum Gasteiger partial charge on any atom is 0.160 e. The molecule has 0 saturated carbocycles. The fourth-order valence-electron chi connectivity index (χ4n) is 5.61. The number of hydrogen-bond donors (Lipinski definition) is 2. The summed E-state index contributed by atoms with van der Waals surface area (Å²) >= 11 is 0. The highest BCUT2D eigenvalue weighted by atomic mass is 16.3. The molecular weight excluding hydrogens is 585 g/mol. The van der Waals surface area contributed by atoms with E-state index in [0.717, 1.165) is 76.2 Å². The number of phenols is 2. The second-order valence-corrected chi connectivity index (χ2v) is 14.4. The highest BCUT2D eigenvalue weighted by Gasteiger charge is 2.04. The van der Waals surface area contributed by atoms with E-state index in [2.05, 4.69) is 111 Å². The van der Waals surface area contributed by atoms with Crippen molar-refractivity contribution in [2.45, 2.75) is 159 Å². The Morgan fingerprint density at radius 3 is 1.02 bits per heavy atom. The lowest BCUT2D eigenvalue weighted by molar-refractivity contribution is 0.400. The van der Waals surface area contributed by atoms with Crippen LogP contribution < -0.4 is 0 Å². The summed E-state index contributed by atoms with van der Waals surface area (Å²) in [6.45, 7) is 20.1. The molecule has 48 heavy (non-hydrogen) atoms. The zero-order valence-electron chi connectivity index (χ0n) is 32.4. The molecule has 0 aliphatic carbocycles. The van der Waals surface area contributed by atoms with Crippen molar-refractivity contribution in [3.8, 4) is 11.5 Å². The van der Waals surface area contributed by atoms with Crippen molar-refractivity contribution in [3.63, 3.8) is 0 Å². The van der Waals surface area contributed by atoms with Gasteiger partial charge < -0.3 is 10.2 Å². The van der Waals surface area contributed by atoms with Gasteiger partial charge in [0, 0.05) is 5.56 Å². The van der Waals surface area contributed by atoms with Gasteiger partial charge in [0.05, 0.1) is 0 Å². The van der Waals surface area contributed by atoms with E-state index in [0.29, 0.717) is 6.42 Å². The van der Waals surface area contributed by atoms with Crippen molar-refractivity contribution in [2.75, 3.05) is 0 Å². The number of hydrogen-bond acceptors (Lipinski definition) is 2. The first-order valence-corrected chi connectivity index (χ1v) is 18.6. The first-order valence-electron chi connectivity index (χ1n) is 18.6. The Balaban J connectivity index is 2.25. The van der Waals surface area contributed by atoms with Gasteiger partial charge in [0.2, 0.25) is 0 Å². The normalized spacial score (nSPS) is 14.1. The lowest BCUT2D eigenvalue weighted by atomic mass is 10.0. The largest absolute Gasteiger partial charge is 0.504 e. The smallest absolute Gasteiger partial charge is 0.160 e. The van der Waals surface area contributed by atoms with Crippen LogP contribution in [0.15, 0.2) is 111 Å². The predicted molar refractivity (Wildman–Crippen MR) is 214 cm³/mol. The summed E-state index contributed by atoms with van der Waals surface area (Å²) in [5, 5.41) is 19.6. The van der Waals surface area contributed by atoms with Crippen LogP contribution in [0.25, 0.3) is 0 Å². The summed E-state index contributed by atoms with van der Waals surface area (Å²) in [6, 6.07) is 5.14. The van der Waals surface area contributed by atoms with Crippen molar-refractivity contribution < 1.29 is 10.2 Å². The third-order valence-electron chi connectivity index (χ3n) is 9.05. The number of rotatable bonds is 23. The zero-order valence-corrected chi connectivity index (χ0v) is 32.4. The van der Waals surface area contributed by atoms with E-state index in [4.69, 9.17) is 0 Å². The molecule has 2 nitrogen and oxygen atoms in total. The number of benzene rings is 1. The quantitative estimate of drug-likeness (QED) is 0.0910. The molecule has 0 radical (unpaired) electrons. The molecule has 0 unspecified atom stereocenters. The molecular formula is C46H70O2. The number of para-hydroxylation sites is 1. The molecule has 0 aromatic heterocycles. The zero-order chi connectivity index (χ0) is 35.7. The van der Waals surface area contributed by atoms with Gasteiger partial charge in [-0.05, 0) is 165 Å². The van der Waals surface area contributed by atoms with E-state index >= 15 is 0 Å². The molecule has 0 atom stereocenters. The van der Waals surface area contributed by atoms with E-state index in [1.54, 1.807) is 6.07 Å². The summed E-state index contributed by atoms with van der Waals surface area (Å²) in [5.41, 5.74) is 12.5. The van der Waals surface area contributed by atoms with Crippen LogP contribution in [0.3, 0.4) is 0 Å². The monoisotopic (exact) mass is 655 g/mol. The Morgan fingerprint density at radius 1 is 0.417 bits per heavy atom. The van der Waals surface area contributed by atoms with E-state index in [9.17, 15) is 10.2 Å². The number of aromatic hydroxyl groups is 2. The molecule has 0 spiro atoms. The van der Waals surface area contributed by atoms with Crippen LogP contribution in [0.1, 0.15) is 158 Å². The molecule has 266 valence electrons. The Kier molecular flexibility index (Phi) is 22.9. The average Bonchev–Trinajstić information content (AvgIpc) is 3.01. The SMILES string of the molecule is CC(C)=CCCC(C)=CCCC(C)=CCCC(C)=CCCC(C)=CCCC(C)=CCCC(C)=CCCC(C)=CCc1cccc(O)c1O. The predicted octanol–water partition coefficient (Wildman–Crippen LogP) is 14.7. The minimum atomic E-state index is -0.0532. The van der Waals surface area contributed by atoms with E-state index in [1.807, 2.05) is 6.07 Å². The Bertz CT molecular complexity index is 1330. The summed E-state index contributed by atoms with van der Waals surface area (Å²) < 4.78 is 0. The summed E-state index contributed by atoms with van der Waals surface area (Å²) in [5.74, 6) is -0.0619. The first kappa shape index (κ1) is 42.8. The van der Waals surface area contributed by atoms with Gasteiger partial charge in [-0.1, -0.05) is 105 Å². The molecule has 2 heteroatoms. The number of allylic oxidation sites excluding steroid dienone is 16. The van der Waals surface area contributed by atoms with Crippen LogP contribution in [-0.4, -0.2) is 10.2 Å². The molecule has 0 heterocycles. The van der Waals surface area contributed by atoms with Crippen LogP contribution in [0.2, 0.25) is 0 Å². The number of phenolic OH excluding ortho intramolecular Hbond substituents is 2. The standard InChI is InChI=1S/C46H70O2/c1-36(2)18-10-19-37(3)20-11-21-38(4)22-12-23-39(5)24-13-25-40(6)26-14-27-41(7)28-15-29-42(8)30-16-31-43(9)34-35-44-32-17-33-45(47)46(44)48/h17-18,20,22,24,26,28,30,32-34,47-48H,10-16,19,21,23,25,27,29,31,35H2,1-9H3. The van der Waals surface area contributed by atoms with Crippen LogP contribution in [-0.2, 0) is 6.42 Å². The Morgan fingerprint density at radius 2 is 0.708 bits per heavy atom. The maximum absolute atomic E-state index is 9.98. The van der Waals surface area contributed by atoms with Crippen LogP contribution in [0.5, 0.6) is 11.5 Å². The minimum absolute atomic E-state index is 0.00867. The fraction of sp³-hybridized carbons (Fsp3) is 0.522. The van der Waals surface area contributed by atoms with Gasteiger partial charge >= 0.3 is 0 Å². The lowest BCUT2D eigenvalue weighted by Crippen LogP contribution is -1.86. The van der Waals surface area contributed by atoms with Gasteiger partial charge in [-0.25, -0.2) is 0 Å². The molecule has 1 aromatic rings. The molecule has 0 amide bonds. The van der Waals surface area contributed by atoms with Crippen molar-refractivity contribution in [2.24, 2.45) is 0 Å². The molecule has 0 fully saturated rings. The lowest BCUT2D eigenvalue weighted by Gasteiger charge is -2.05. The van der Waals surface area contributed by atoms with Gasteiger partial charge in [0.25, 0.3) is 0 Å². The third-order valence-corrected chi connectivity index (χ3v) is 9.05. The Labute approximate surface area is 296 Å². The van der Waals surface area contributed by atoms with Gasteiger partial charge in [-0.3, -0.25) is 0 Å². The Hall–Kier alpha value is -3.26. The second-order valence-electron chi connectivity index (χ2n) is 14.4. The topological polar surface area (TPSA) is 40.5 Å². The highest BCUT2D eigenvalue weighted by Crippen LogP contribution is 2.29. The molecule has 0 bridgehead atoms. The van der Waals surface area contributed by atoms with E-state index < -0.39 is 0 Å². The molecule has 0 aliphatic heterocycles. The fourth-order valence-corrected chi connectivity index (χ4v) is 5.61. The van der Waals surface area contributed by atoms with Gasteiger partial charge in [0.1, 0.15) is 0 Å². The molecule has 0 aliphatic rings. The van der Waals surface area contributed by atoms with Crippen molar-refractivity contribution in [1.29, 1.82) is 0 Å². The van der Waals surface area contributed by atoms with Crippen molar-refractivity contribution in [1.82, 2.24) is 0 Å². The summed E-state index contributed by atoms with van der Waals surface area (Å²) in [7, 11) is 0. The average molecular weight is 655 g/mol. The van der Waals surface area contributed by atoms with Gasteiger partial charge in [-0.2, -0.15) is 0 Å². The highest BCUT2D eigenvalue weighted by molar-refractivity contribution is 5.45. The van der Waals surface area contributed by atoms with Crippen molar-refractivity contribution in [3.05, 3.63) is 117 Å². The van der Waals surface area contributed by atoms with Crippen molar-refractivity contribution >= 4 is 0 Å².